The first-order valence-corrected chi connectivity index (χ1v) is 6.07. The molecule has 0 amide bonds. The summed E-state index contributed by atoms with van der Waals surface area (Å²) in [7, 11) is 0. The molecule has 1 aromatic heterocycles. The Labute approximate surface area is 108 Å². The van der Waals surface area contributed by atoms with Gasteiger partial charge in [0.05, 0.1) is 18.1 Å². The molecule has 1 N–H and O–H groups in total. The Kier molecular flexibility index (Phi) is 3.74. The van der Waals surface area contributed by atoms with Crippen molar-refractivity contribution in [3.05, 3.63) is 58.6 Å². The number of hydrogen-bond donors (Lipinski definition) is 1. The van der Waals surface area contributed by atoms with Crippen molar-refractivity contribution in [1.29, 1.82) is 0 Å². The van der Waals surface area contributed by atoms with E-state index in [1.165, 1.54) is 12.3 Å². The zero-order chi connectivity index (χ0) is 12.3. The summed E-state index contributed by atoms with van der Waals surface area (Å²) in [6.45, 7) is 2.02. The maximum absolute atomic E-state index is 13.0. The van der Waals surface area contributed by atoms with Gasteiger partial charge < -0.3 is 5.32 Å². The Balaban J connectivity index is 2.11. The van der Waals surface area contributed by atoms with Crippen molar-refractivity contribution >= 4 is 21.6 Å². The maximum Gasteiger partial charge on any atom is 0.143 e. The molecule has 4 heteroatoms. The minimum absolute atomic E-state index is 0.103. The number of nitrogens with zero attached hydrogens (tertiary/aromatic N) is 1. The van der Waals surface area contributed by atoms with E-state index in [0.717, 1.165) is 10.0 Å². The SMILES string of the molecule is CC(Nc1cncc(F)c1)c1ccc(Br)cc1. The van der Waals surface area contributed by atoms with Gasteiger partial charge in [0, 0.05) is 16.6 Å². The molecule has 2 nitrogen and oxygen atoms in total. The van der Waals surface area contributed by atoms with Crippen molar-refractivity contribution in [2.75, 3.05) is 5.32 Å². The predicted octanol–water partition coefficient (Wildman–Crippen LogP) is 4.16. The molecule has 1 atom stereocenters. The number of halogens is 2. The first-order chi connectivity index (χ1) is 8.15. The summed E-state index contributed by atoms with van der Waals surface area (Å²) in [6, 6.07) is 9.55. The molecule has 0 saturated heterocycles. The van der Waals surface area contributed by atoms with Crippen LogP contribution in [0.15, 0.2) is 47.2 Å². The topological polar surface area (TPSA) is 24.9 Å². The molecule has 17 heavy (non-hydrogen) atoms. The standard InChI is InChI=1S/C13H12BrFN2/c1-9(10-2-4-11(14)5-3-10)17-13-6-12(15)7-16-8-13/h2-9,17H,1H3. The Hall–Kier alpha value is -1.42. The Morgan fingerprint density at radius 1 is 1.24 bits per heavy atom. The van der Waals surface area contributed by atoms with E-state index in [-0.39, 0.29) is 11.9 Å². The predicted molar refractivity (Wildman–Crippen MR) is 70.4 cm³/mol. The van der Waals surface area contributed by atoms with E-state index in [4.69, 9.17) is 0 Å². The van der Waals surface area contributed by atoms with Crippen molar-refractivity contribution in [1.82, 2.24) is 4.98 Å². The number of nitrogens with one attached hydrogen (secondary N) is 1. The number of anilines is 1. The summed E-state index contributed by atoms with van der Waals surface area (Å²) in [5.41, 5.74) is 1.82. The Morgan fingerprint density at radius 2 is 1.94 bits per heavy atom. The van der Waals surface area contributed by atoms with E-state index in [0.29, 0.717) is 5.69 Å². The lowest BCUT2D eigenvalue weighted by atomic mass is 10.1. The van der Waals surface area contributed by atoms with Crippen LogP contribution in [0, 0.1) is 5.82 Å². The molecule has 2 rings (SSSR count). The van der Waals surface area contributed by atoms with Crippen LogP contribution in [0.25, 0.3) is 0 Å². The van der Waals surface area contributed by atoms with E-state index in [1.54, 1.807) is 6.20 Å². The molecule has 0 spiro atoms. The summed E-state index contributed by atoms with van der Waals surface area (Å²) in [6.07, 6.45) is 2.80. The van der Waals surface area contributed by atoms with E-state index >= 15 is 0 Å². The molecular formula is C13H12BrFN2. The molecule has 0 aliphatic rings. The number of benzene rings is 1. The van der Waals surface area contributed by atoms with Gasteiger partial charge in [0.25, 0.3) is 0 Å². The fraction of sp³-hybridized carbons (Fsp3) is 0.154. The minimum atomic E-state index is -0.335. The van der Waals surface area contributed by atoms with Crippen molar-refractivity contribution in [3.63, 3.8) is 0 Å². The van der Waals surface area contributed by atoms with Crippen LogP contribution >= 0.6 is 15.9 Å². The molecule has 0 aliphatic carbocycles. The molecule has 0 radical (unpaired) electrons. The molecule has 88 valence electrons. The smallest absolute Gasteiger partial charge is 0.143 e. The monoisotopic (exact) mass is 294 g/mol. The summed E-state index contributed by atoms with van der Waals surface area (Å²) < 4.78 is 14.0. The molecule has 1 unspecified atom stereocenters. The number of rotatable bonds is 3. The van der Waals surface area contributed by atoms with Crippen LogP contribution in [-0.4, -0.2) is 4.98 Å². The van der Waals surface area contributed by atoms with Gasteiger partial charge in [-0.15, -0.1) is 0 Å². The van der Waals surface area contributed by atoms with Gasteiger partial charge in [-0.25, -0.2) is 4.39 Å². The second-order valence-electron chi connectivity index (χ2n) is 3.81. The second kappa shape index (κ2) is 5.27. The van der Waals surface area contributed by atoms with Gasteiger partial charge in [-0.1, -0.05) is 28.1 Å². The van der Waals surface area contributed by atoms with Gasteiger partial charge in [-0.3, -0.25) is 4.98 Å². The average molecular weight is 295 g/mol. The number of hydrogen-bond acceptors (Lipinski definition) is 2. The highest BCUT2D eigenvalue weighted by atomic mass is 79.9. The third-order valence-corrected chi connectivity index (χ3v) is 2.99. The van der Waals surface area contributed by atoms with Crippen LogP contribution in [0.4, 0.5) is 10.1 Å². The minimum Gasteiger partial charge on any atom is -0.377 e. The fourth-order valence-corrected chi connectivity index (χ4v) is 1.84. The lowest BCUT2D eigenvalue weighted by Gasteiger charge is -2.15. The highest BCUT2D eigenvalue weighted by molar-refractivity contribution is 9.10. The molecule has 1 aromatic carbocycles. The zero-order valence-electron chi connectivity index (χ0n) is 9.32. The summed E-state index contributed by atoms with van der Waals surface area (Å²) in [5, 5.41) is 3.20. The third kappa shape index (κ3) is 3.27. The Morgan fingerprint density at radius 3 is 2.59 bits per heavy atom. The fourth-order valence-electron chi connectivity index (χ4n) is 1.58. The molecule has 0 aliphatic heterocycles. The van der Waals surface area contributed by atoms with Crippen molar-refractivity contribution in [3.8, 4) is 0 Å². The normalized spacial score (nSPS) is 12.2. The van der Waals surface area contributed by atoms with Gasteiger partial charge in [0.15, 0.2) is 0 Å². The van der Waals surface area contributed by atoms with E-state index in [1.807, 2.05) is 31.2 Å². The molecular weight excluding hydrogens is 283 g/mol. The second-order valence-corrected chi connectivity index (χ2v) is 4.73. The summed E-state index contributed by atoms with van der Waals surface area (Å²) >= 11 is 3.39. The van der Waals surface area contributed by atoms with Crippen LogP contribution in [0.1, 0.15) is 18.5 Å². The average Bonchev–Trinajstić information content (AvgIpc) is 2.29. The number of pyridine rings is 1. The molecule has 2 aromatic rings. The zero-order valence-corrected chi connectivity index (χ0v) is 10.9. The number of aromatic nitrogens is 1. The first kappa shape index (κ1) is 12.0. The quantitative estimate of drug-likeness (QED) is 0.919. The lowest BCUT2D eigenvalue weighted by Crippen LogP contribution is -2.06. The molecule has 1 heterocycles. The summed E-state index contributed by atoms with van der Waals surface area (Å²) in [5.74, 6) is -0.335. The molecule has 0 saturated carbocycles. The van der Waals surface area contributed by atoms with Crippen LogP contribution < -0.4 is 5.32 Å². The summed E-state index contributed by atoms with van der Waals surface area (Å²) in [4.78, 5) is 3.80. The van der Waals surface area contributed by atoms with Gasteiger partial charge in [0.1, 0.15) is 5.82 Å². The first-order valence-electron chi connectivity index (χ1n) is 5.28. The van der Waals surface area contributed by atoms with Gasteiger partial charge in [-0.2, -0.15) is 0 Å². The third-order valence-electron chi connectivity index (χ3n) is 2.46. The molecule has 0 fully saturated rings. The van der Waals surface area contributed by atoms with Crippen LogP contribution in [0.2, 0.25) is 0 Å². The van der Waals surface area contributed by atoms with E-state index in [9.17, 15) is 4.39 Å². The van der Waals surface area contributed by atoms with Gasteiger partial charge in [-0.05, 0) is 24.6 Å². The largest absolute Gasteiger partial charge is 0.377 e. The van der Waals surface area contributed by atoms with Crippen molar-refractivity contribution in [2.24, 2.45) is 0 Å². The maximum atomic E-state index is 13.0. The molecule has 0 bridgehead atoms. The highest BCUT2D eigenvalue weighted by Crippen LogP contribution is 2.20. The van der Waals surface area contributed by atoms with Crippen molar-refractivity contribution in [2.45, 2.75) is 13.0 Å². The van der Waals surface area contributed by atoms with Crippen LogP contribution in [-0.2, 0) is 0 Å². The highest BCUT2D eigenvalue weighted by Gasteiger charge is 2.05. The lowest BCUT2D eigenvalue weighted by molar-refractivity contribution is 0.621. The van der Waals surface area contributed by atoms with Crippen LogP contribution in [0.5, 0.6) is 0 Å². The van der Waals surface area contributed by atoms with E-state index in [2.05, 4.69) is 26.2 Å². The van der Waals surface area contributed by atoms with E-state index < -0.39 is 0 Å². The van der Waals surface area contributed by atoms with Gasteiger partial charge in [0.2, 0.25) is 0 Å². The van der Waals surface area contributed by atoms with Crippen molar-refractivity contribution < 1.29 is 4.39 Å². The van der Waals surface area contributed by atoms with Gasteiger partial charge >= 0.3 is 0 Å². The van der Waals surface area contributed by atoms with Crippen LogP contribution in [0.3, 0.4) is 0 Å². The Bertz CT molecular complexity index is 499.